The Balaban J connectivity index is 0.000000317. The Morgan fingerprint density at radius 1 is 1.08 bits per heavy atom. The molecule has 0 aromatic carbocycles. The average molecular weight is 570 g/mol. The van der Waals surface area contributed by atoms with Gasteiger partial charge in [-0.2, -0.15) is 26.3 Å². The van der Waals surface area contributed by atoms with Crippen LogP contribution in [0.2, 0.25) is 0 Å². The van der Waals surface area contributed by atoms with Gasteiger partial charge < -0.3 is 29.3 Å². The molecule has 0 saturated carbocycles. The summed E-state index contributed by atoms with van der Waals surface area (Å²) in [4.78, 5) is 32.9. The minimum atomic E-state index is -5.08. The van der Waals surface area contributed by atoms with E-state index in [1.807, 2.05) is 24.3 Å². The predicted octanol–water partition coefficient (Wildman–Crippen LogP) is 3.10. The lowest BCUT2D eigenvalue weighted by atomic mass is 10.0. The van der Waals surface area contributed by atoms with E-state index in [2.05, 4.69) is 19.9 Å². The highest BCUT2D eigenvalue weighted by molar-refractivity contribution is 5.73. The van der Waals surface area contributed by atoms with Crippen LogP contribution in [0.4, 0.5) is 32.2 Å². The lowest BCUT2D eigenvalue weighted by molar-refractivity contribution is -0.193. The fourth-order valence-electron chi connectivity index (χ4n) is 3.59. The lowest BCUT2D eigenvalue weighted by Gasteiger charge is -2.32. The van der Waals surface area contributed by atoms with E-state index < -0.39 is 24.3 Å². The van der Waals surface area contributed by atoms with E-state index in [1.165, 1.54) is 6.33 Å². The summed E-state index contributed by atoms with van der Waals surface area (Å²) in [6.45, 7) is 2.01. The minimum absolute atomic E-state index is 0.00623. The normalized spacial score (nSPS) is 20.5. The molecule has 4 heterocycles. The van der Waals surface area contributed by atoms with Gasteiger partial charge in [-0.1, -0.05) is 6.07 Å². The van der Waals surface area contributed by atoms with Crippen molar-refractivity contribution in [2.75, 3.05) is 25.2 Å². The van der Waals surface area contributed by atoms with E-state index in [9.17, 15) is 26.3 Å². The summed E-state index contributed by atoms with van der Waals surface area (Å²) >= 11 is 0. The molecule has 4 rings (SSSR count). The zero-order valence-electron chi connectivity index (χ0n) is 20.2. The van der Waals surface area contributed by atoms with Crippen LogP contribution in [-0.2, 0) is 25.7 Å². The van der Waals surface area contributed by atoms with Crippen molar-refractivity contribution in [3.05, 3.63) is 42.5 Å². The molecule has 0 bridgehead atoms. The first kappa shape index (κ1) is 31.5. The Labute approximate surface area is 217 Å². The Kier molecular flexibility index (Phi) is 11.2. The number of anilines is 1. The molecule has 0 spiro atoms. The fourth-order valence-corrected chi connectivity index (χ4v) is 3.59. The van der Waals surface area contributed by atoms with Gasteiger partial charge in [-0.15, -0.1) is 0 Å². The number of halogens is 6. The van der Waals surface area contributed by atoms with E-state index in [0.717, 1.165) is 37.5 Å². The van der Waals surface area contributed by atoms with Crippen LogP contribution in [0, 0.1) is 0 Å². The molecule has 2 aliphatic rings. The van der Waals surface area contributed by atoms with E-state index in [1.54, 1.807) is 13.3 Å². The first-order valence-electron chi connectivity index (χ1n) is 11.1. The van der Waals surface area contributed by atoms with Crippen LogP contribution in [0.3, 0.4) is 0 Å². The molecule has 2 aromatic rings. The number of hydrogen-bond donors (Lipinski definition) is 2. The number of fused-ring (bicyclic) bond motifs is 1. The Bertz CT molecular complexity index is 1050. The van der Waals surface area contributed by atoms with Crippen molar-refractivity contribution in [3.63, 3.8) is 0 Å². The van der Waals surface area contributed by atoms with Crippen LogP contribution in [-0.4, -0.2) is 88.0 Å². The summed E-state index contributed by atoms with van der Waals surface area (Å²) < 4.78 is 80.9. The number of hydrogen-bond acceptors (Lipinski definition) is 9. The van der Waals surface area contributed by atoms with Crippen molar-refractivity contribution in [3.8, 4) is 5.88 Å². The van der Waals surface area contributed by atoms with Gasteiger partial charge in [-0.25, -0.2) is 19.6 Å². The Hall–Kier alpha value is -3.73. The van der Waals surface area contributed by atoms with Crippen LogP contribution >= 0.6 is 0 Å². The smallest absolute Gasteiger partial charge is 0.481 e. The number of pyridine rings is 1. The summed E-state index contributed by atoms with van der Waals surface area (Å²) in [5.41, 5.74) is 0.928. The van der Waals surface area contributed by atoms with E-state index >= 15 is 0 Å². The molecule has 0 unspecified atom stereocenters. The average Bonchev–Trinajstić information content (AvgIpc) is 3.26. The van der Waals surface area contributed by atoms with Crippen molar-refractivity contribution >= 4 is 17.8 Å². The largest absolute Gasteiger partial charge is 0.490 e. The molecule has 2 fully saturated rings. The van der Waals surface area contributed by atoms with E-state index in [-0.39, 0.29) is 18.2 Å². The monoisotopic (exact) mass is 570 g/mol. The second-order valence-corrected chi connectivity index (χ2v) is 7.89. The van der Waals surface area contributed by atoms with Gasteiger partial charge in [0.15, 0.2) is 0 Å². The number of nitrogens with zero attached hydrogens (tertiary/aromatic N) is 4. The van der Waals surface area contributed by atoms with Crippen LogP contribution in [0.5, 0.6) is 5.88 Å². The lowest BCUT2D eigenvalue weighted by Crippen LogP contribution is -2.42. The molecule has 17 heteroatoms. The molecule has 2 aromatic heterocycles. The van der Waals surface area contributed by atoms with Crippen molar-refractivity contribution in [2.45, 2.75) is 50.1 Å². The number of alkyl halides is 6. The summed E-state index contributed by atoms with van der Waals surface area (Å²) in [5, 5.41) is 14.2. The Morgan fingerprint density at radius 3 is 2.26 bits per heavy atom. The third-order valence-corrected chi connectivity index (χ3v) is 5.26. The summed E-state index contributed by atoms with van der Waals surface area (Å²) in [6.07, 6.45) is -4.68. The zero-order valence-corrected chi connectivity index (χ0v) is 20.2. The molecule has 11 nitrogen and oxygen atoms in total. The standard InChI is InChI=1S/C18H22N4O3.2C2HF3O2/c1-23-17-9-16(20-12-21-17)22-10-15(18-14(22)6-4-8-24-18)25-11-13-5-2-3-7-19-13;2*3-2(4,5)1(6)7/h2-3,5,7,9,12,14-15,18H,4,6,8,10-11H2,1H3;2*(H,6,7)/t14-,15+,18+;;/m1../s1. The number of rotatable bonds is 5. The van der Waals surface area contributed by atoms with Gasteiger partial charge >= 0.3 is 24.3 Å². The van der Waals surface area contributed by atoms with Crippen molar-refractivity contribution < 1.29 is 60.4 Å². The van der Waals surface area contributed by atoms with Crippen LogP contribution in [0.25, 0.3) is 0 Å². The molecular weight excluding hydrogens is 546 g/mol. The number of carboxylic acid groups (broad SMARTS) is 2. The highest BCUT2D eigenvalue weighted by atomic mass is 19.4. The highest BCUT2D eigenvalue weighted by Crippen LogP contribution is 2.34. The molecule has 3 atom stereocenters. The number of carbonyl (C=O) groups is 2. The molecule has 216 valence electrons. The number of methoxy groups -OCH3 is 1. The minimum Gasteiger partial charge on any atom is -0.481 e. The third kappa shape index (κ3) is 9.82. The van der Waals surface area contributed by atoms with Crippen molar-refractivity contribution in [2.24, 2.45) is 0 Å². The van der Waals surface area contributed by atoms with Crippen LogP contribution in [0.1, 0.15) is 18.5 Å². The van der Waals surface area contributed by atoms with Gasteiger partial charge in [-0.3, -0.25) is 4.98 Å². The third-order valence-electron chi connectivity index (χ3n) is 5.26. The molecule has 39 heavy (non-hydrogen) atoms. The number of carboxylic acids is 2. The SMILES string of the molecule is COc1cc(N2C[C@H](OCc3ccccn3)[C@H]3OCCC[C@H]32)ncn1.O=C(O)C(F)(F)F.O=C(O)C(F)(F)F. The number of aliphatic carboxylic acids is 2. The number of aromatic nitrogens is 3. The molecule has 0 amide bonds. The quantitative estimate of drug-likeness (QED) is 0.512. The molecule has 0 aliphatic carbocycles. The summed E-state index contributed by atoms with van der Waals surface area (Å²) in [7, 11) is 1.61. The van der Waals surface area contributed by atoms with Crippen LogP contribution in [0.15, 0.2) is 36.8 Å². The molecule has 2 saturated heterocycles. The first-order chi connectivity index (χ1) is 18.2. The van der Waals surface area contributed by atoms with E-state index in [4.69, 9.17) is 34.0 Å². The highest BCUT2D eigenvalue weighted by Gasteiger charge is 2.45. The molecular formula is C22H24F6N4O7. The maximum Gasteiger partial charge on any atom is 0.490 e. The first-order valence-corrected chi connectivity index (χ1v) is 11.1. The van der Waals surface area contributed by atoms with Crippen molar-refractivity contribution in [1.29, 1.82) is 0 Å². The van der Waals surface area contributed by atoms with Crippen LogP contribution < -0.4 is 9.64 Å². The number of ether oxygens (including phenoxy) is 3. The zero-order chi connectivity index (χ0) is 29.2. The van der Waals surface area contributed by atoms with Gasteiger partial charge in [0.25, 0.3) is 0 Å². The second kappa shape index (κ2) is 13.9. The fraction of sp³-hybridized carbons (Fsp3) is 0.500. The summed E-state index contributed by atoms with van der Waals surface area (Å²) in [6, 6.07) is 7.99. The van der Waals surface area contributed by atoms with Gasteiger partial charge in [0.1, 0.15) is 24.4 Å². The second-order valence-electron chi connectivity index (χ2n) is 7.89. The molecule has 2 N–H and O–H groups in total. The van der Waals surface area contributed by atoms with Gasteiger partial charge in [0.05, 0.1) is 25.5 Å². The molecule has 0 radical (unpaired) electrons. The summed E-state index contributed by atoms with van der Waals surface area (Å²) in [5.74, 6) is -4.09. The van der Waals surface area contributed by atoms with Gasteiger partial charge in [0.2, 0.25) is 5.88 Å². The topological polar surface area (TPSA) is 144 Å². The molecule has 2 aliphatic heterocycles. The van der Waals surface area contributed by atoms with Gasteiger partial charge in [-0.05, 0) is 25.0 Å². The maximum atomic E-state index is 10.6. The van der Waals surface area contributed by atoms with Gasteiger partial charge in [0, 0.05) is 25.4 Å². The van der Waals surface area contributed by atoms with E-state index in [0.29, 0.717) is 12.5 Å². The maximum absolute atomic E-state index is 10.6. The Morgan fingerprint density at radius 2 is 1.72 bits per heavy atom. The predicted molar refractivity (Wildman–Crippen MR) is 119 cm³/mol. The van der Waals surface area contributed by atoms with Crippen molar-refractivity contribution in [1.82, 2.24) is 15.0 Å².